The predicted molar refractivity (Wildman–Crippen MR) is 120 cm³/mol. The van der Waals surface area contributed by atoms with Crippen molar-refractivity contribution in [2.75, 3.05) is 25.3 Å². The summed E-state index contributed by atoms with van der Waals surface area (Å²) in [5.74, 6) is -3.11. The molecule has 0 saturated heterocycles. The monoisotopic (exact) mass is 451 g/mol. The highest BCUT2D eigenvalue weighted by Gasteiger charge is 2.44. The van der Waals surface area contributed by atoms with Crippen LogP contribution in [-0.2, 0) is 19.1 Å². The van der Waals surface area contributed by atoms with Crippen molar-refractivity contribution in [2.45, 2.75) is 5.92 Å². The third-order valence-corrected chi connectivity index (χ3v) is 5.86. The van der Waals surface area contributed by atoms with E-state index in [9.17, 15) is 19.6 Å². The summed E-state index contributed by atoms with van der Waals surface area (Å²) in [5.41, 5.74) is 1.39. The zero-order valence-electron chi connectivity index (χ0n) is 17.5. The Morgan fingerprint density at radius 1 is 1.16 bits per heavy atom. The number of esters is 1. The summed E-state index contributed by atoms with van der Waals surface area (Å²) < 4.78 is 9.95. The molecule has 32 heavy (non-hydrogen) atoms. The van der Waals surface area contributed by atoms with E-state index in [-0.39, 0.29) is 22.3 Å². The van der Waals surface area contributed by atoms with Crippen molar-refractivity contribution in [1.29, 1.82) is 5.26 Å². The van der Waals surface area contributed by atoms with Gasteiger partial charge in [-0.25, -0.2) is 0 Å². The first-order valence-electron chi connectivity index (χ1n) is 9.63. The van der Waals surface area contributed by atoms with E-state index in [4.69, 9.17) is 9.47 Å². The largest absolute Gasteiger partial charge is 0.497 e. The Bertz CT molecular complexity index is 1090. The number of allylic oxidation sites excluding steroid dienone is 1. The fourth-order valence-corrected chi connectivity index (χ4v) is 4.22. The molecule has 1 aliphatic rings. The van der Waals surface area contributed by atoms with Crippen LogP contribution in [0.25, 0.3) is 0 Å². The van der Waals surface area contributed by atoms with Gasteiger partial charge in [-0.3, -0.25) is 14.4 Å². The number of benzene rings is 2. The summed E-state index contributed by atoms with van der Waals surface area (Å²) in [7, 11) is 2.73. The van der Waals surface area contributed by atoms with E-state index in [0.29, 0.717) is 17.0 Å². The number of nitrogens with zero attached hydrogens (tertiary/aromatic N) is 1. The molecule has 9 heteroatoms. The first-order chi connectivity index (χ1) is 15.5. The molecule has 0 saturated carbocycles. The number of nitrogens with one attached hydrogen (secondary N) is 2. The average molecular weight is 452 g/mol. The van der Waals surface area contributed by atoms with Crippen LogP contribution in [0.2, 0.25) is 0 Å². The van der Waals surface area contributed by atoms with Crippen molar-refractivity contribution < 1.29 is 23.9 Å². The summed E-state index contributed by atoms with van der Waals surface area (Å²) in [4.78, 5) is 37.6. The molecule has 0 aliphatic carbocycles. The summed E-state index contributed by atoms with van der Waals surface area (Å²) in [5, 5.41) is 15.5. The zero-order valence-corrected chi connectivity index (χ0v) is 18.3. The van der Waals surface area contributed by atoms with Crippen LogP contribution in [0, 0.1) is 17.2 Å². The van der Waals surface area contributed by atoms with Crippen LogP contribution in [-0.4, -0.2) is 37.8 Å². The molecule has 0 fully saturated rings. The SMILES string of the molecule is COC(=O)[C@H]1C(=O)NC(SCC(=O)Nc2cccc(OC)c2)=C(C#N)[C@@H]1c1ccccc1. The second-order valence-electron chi connectivity index (χ2n) is 6.80. The van der Waals surface area contributed by atoms with E-state index < -0.39 is 23.7 Å². The minimum absolute atomic E-state index is 0.0532. The van der Waals surface area contributed by atoms with Gasteiger partial charge in [0, 0.05) is 17.7 Å². The third kappa shape index (κ3) is 5.10. The number of carbonyl (C=O) groups excluding carboxylic acids is 3. The number of nitriles is 1. The molecule has 1 heterocycles. The standard InChI is InChI=1S/C23H21N3O5S/c1-30-16-10-6-9-15(11-16)25-18(27)13-32-22-17(12-24)19(14-7-4-3-5-8-14)20(21(28)26-22)23(29)31-2/h3-11,19-20H,13H2,1-2H3,(H,25,27)(H,26,28)/t19-,20+/m0/s1. The van der Waals surface area contributed by atoms with E-state index in [1.807, 2.05) is 0 Å². The zero-order chi connectivity index (χ0) is 23.1. The molecular weight excluding hydrogens is 430 g/mol. The molecule has 1 aliphatic heterocycles. The van der Waals surface area contributed by atoms with Crippen LogP contribution < -0.4 is 15.4 Å². The van der Waals surface area contributed by atoms with Crippen LogP contribution >= 0.6 is 11.8 Å². The van der Waals surface area contributed by atoms with E-state index >= 15 is 0 Å². The first-order valence-corrected chi connectivity index (χ1v) is 10.6. The third-order valence-electron chi connectivity index (χ3n) is 4.84. The molecule has 0 bridgehead atoms. The fourth-order valence-electron chi connectivity index (χ4n) is 3.38. The van der Waals surface area contributed by atoms with Crippen molar-refractivity contribution in [1.82, 2.24) is 5.32 Å². The lowest BCUT2D eigenvalue weighted by molar-refractivity contribution is -0.150. The Morgan fingerprint density at radius 3 is 2.56 bits per heavy atom. The Kier molecular flexibility index (Phi) is 7.52. The van der Waals surface area contributed by atoms with Gasteiger partial charge in [0.2, 0.25) is 11.8 Å². The number of thioether (sulfide) groups is 1. The highest BCUT2D eigenvalue weighted by atomic mass is 32.2. The lowest BCUT2D eigenvalue weighted by atomic mass is 9.78. The van der Waals surface area contributed by atoms with Crippen molar-refractivity contribution >= 4 is 35.2 Å². The van der Waals surface area contributed by atoms with Gasteiger partial charge in [-0.15, -0.1) is 0 Å². The Hall–Kier alpha value is -3.77. The Labute approximate surface area is 189 Å². The van der Waals surface area contributed by atoms with Gasteiger partial charge in [0.15, 0.2) is 0 Å². The molecule has 0 aromatic heterocycles. The molecule has 0 spiro atoms. The minimum Gasteiger partial charge on any atom is -0.497 e. The van der Waals surface area contributed by atoms with Crippen molar-refractivity contribution in [3.8, 4) is 11.8 Å². The van der Waals surface area contributed by atoms with Gasteiger partial charge in [0.25, 0.3) is 0 Å². The number of ether oxygens (including phenoxy) is 2. The van der Waals surface area contributed by atoms with E-state index in [0.717, 1.165) is 11.8 Å². The van der Waals surface area contributed by atoms with Gasteiger partial charge < -0.3 is 20.1 Å². The number of rotatable bonds is 7. The maximum Gasteiger partial charge on any atom is 0.319 e. The number of amides is 2. The molecule has 8 nitrogen and oxygen atoms in total. The number of hydrogen-bond acceptors (Lipinski definition) is 7. The lowest BCUT2D eigenvalue weighted by Crippen LogP contribution is -2.44. The van der Waals surface area contributed by atoms with Crippen molar-refractivity contribution in [3.05, 3.63) is 70.8 Å². The normalized spacial score (nSPS) is 17.7. The summed E-state index contributed by atoms with van der Waals surface area (Å²) in [6, 6.07) is 17.8. The molecule has 0 radical (unpaired) electrons. The van der Waals surface area contributed by atoms with Crippen LogP contribution in [0.4, 0.5) is 5.69 Å². The van der Waals surface area contributed by atoms with Crippen molar-refractivity contribution in [3.63, 3.8) is 0 Å². The second-order valence-corrected chi connectivity index (χ2v) is 7.79. The Morgan fingerprint density at radius 2 is 1.91 bits per heavy atom. The lowest BCUT2D eigenvalue weighted by Gasteiger charge is -2.30. The number of methoxy groups -OCH3 is 2. The topological polar surface area (TPSA) is 118 Å². The van der Waals surface area contributed by atoms with E-state index in [1.165, 1.54) is 14.2 Å². The molecular formula is C23H21N3O5S. The average Bonchev–Trinajstić information content (AvgIpc) is 2.82. The second kappa shape index (κ2) is 10.5. The summed E-state index contributed by atoms with van der Waals surface area (Å²) in [6.07, 6.45) is 0. The van der Waals surface area contributed by atoms with Gasteiger partial charge in [-0.1, -0.05) is 48.2 Å². The number of carbonyl (C=O) groups is 3. The molecule has 2 aromatic carbocycles. The number of anilines is 1. The van der Waals surface area contributed by atoms with Gasteiger partial charge in [-0.05, 0) is 17.7 Å². The first kappa shape index (κ1) is 22.9. The van der Waals surface area contributed by atoms with Crippen LogP contribution in [0.5, 0.6) is 5.75 Å². The predicted octanol–water partition coefficient (Wildman–Crippen LogP) is 2.80. The van der Waals surface area contributed by atoms with Crippen LogP contribution in [0.1, 0.15) is 11.5 Å². The molecule has 2 N–H and O–H groups in total. The van der Waals surface area contributed by atoms with Crippen molar-refractivity contribution in [2.24, 2.45) is 5.92 Å². The highest BCUT2D eigenvalue weighted by molar-refractivity contribution is 8.03. The van der Waals surface area contributed by atoms with Crippen LogP contribution in [0.15, 0.2) is 65.2 Å². The summed E-state index contributed by atoms with van der Waals surface area (Å²) in [6.45, 7) is 0. The van der Waals surface area contributed by atoms with Crippen LogP contribution in [0.3, 0.4) is 0 Å². The van der Waals surface area contributed by atoms with Gasteiger partial charge in [-0.2, -0.15) is 5.26 Å². The molecule has 2 amide bonds. The molecule has 3 rings (SSSR count). The van der Waals surface area contributed by atoms with E-state index in [1.54, 1.807) is 54.6 Å². The van der Waals surface area contributed by atoms with Gasteiger partial charge in [0.1, 0.15) is 11.7 Å². The van der Waals surface area contributed by atoms with Gasteiger partial charge in [0.05, 0.1) is 36.6 Å². The molecule has 2 atom stereocenters. The smallest absolute Gasteiger partial charge is 0.319 e. The molecule has 0 unspecified atom stereocenters. The highest BCUT2D eigenvalue weighted by Crippen LogP contribution is 2.40. The fraction of sp³-hybridized carbons (Fsp3) is 0.217. The molecule has 164 valence electrons. The quantitative estimate of drug-likeness (QED) is 0.491. The Balaban J connectivity index is 1.84. The molecule has 2 aromatic rings. The maximum atomic E-state index is 12.8. The maximum absolute atomic E-state index is 12.8. The summed E-state index contributed by atoms with van der Waals surface area (Å²) >= 11 is 1.02. The van der Waals surface area contributed by atoms with Gasteiger partial charge >= 0.3 is 5.97 Å². The van der Waals surface area contributed by atoms with E-state index in [2.05, 4.69) is 16.7 Å². The minimum atomic E-state index is -1.20. The number of hydrogen-bond donors (Lipinski definition) is 2.